The molecule has 1 heterocycles. The zero-order valence-corrected chi connectivity index (χ0v) is 13.3. The van der Waals surface area contributed by atoms with E-state index in [1.807, 2.05) is 38.1 Å². The minimum Gasteiger partial charge on any atom is -0.497 e. The molecule has 6 heteroatoms. The van der Waals surface area contributed by atoms with Gasteiger partial charge in [0.05, 0.1) is 7.11 Å². The highest BCUT2D eigenvalue weighted by atomic mass is 16.5. The number of rotatable bonds is 6. The Balaban J connectivity index is 1.92. The first-order valence-electron chi connectivity index (χ1n) is 7.48. The van der Waals surface area contributed by atoms with Gasteiger partial charge in [0.25, 0.3) is 0 Å². The van der Waals surface area contributed by atoms with Gasteiger partial charge in [0.2, 0.25) is 5.91 Å². The highest BCUT2D eigenvalue weighted by Gasteiger charge is 2.30. The van der Waals surface area contributed by atoms with Crippen LogP contribution in [0.4, 0.5) is 10.5 Å². The molecule has 2 rings (SSSR count). The maximum Gasteiger partial charge on any atom is 0.325 e. The SMILES string of the molecule is COc1ccc(N2CCN(CC(=O)NCC(C)C)C2=O)cc1. The smallest absolute Gasteiger partial charge is 0.325 e. The molecule has 0 unspecified atom stereocenters. The number of nitrogens with zero attached hydrogens (tertiary/aromatic N) is 2. The maximum atomic E-state index is 12.4. The van der Waals surface area contributed by atoms with Crippen LogP contribution >= 0.6 is 0 Å². The van der Waals surface area contributed by atoms with Gasteiger partial charge < -0.3 is 15.0 Å². The van der Waals surface area contributed by atoms with Gasteiger partial charge in [-0.1, -0.05) is 13.8 Å². The Hall–Kier alpha value is -2.24. The number of urea groups is 1. The maximum absolute atomic E-state index is 12.4. The first kappa shape index (κ1) is 16.1. The number of benzene rings is 1. The van der Waals surface area contributed by atoms with Crippen molar-refractivity contribution in [2.24, 2.45) is 5.92 Å². The largest absolute Gasteiger partial charge is 0.497 e. The van der Waals surface area contributed by atoms with E-state index in [9.17, 15) is 9.59 Å². The van der Waals surface area contributed by atoms with Crippen LogP contribution in [0.3, 0.4) is 0 Å². The van der Waals surface area contributed by atoms with Crippen LogP contribution in [-0.4, -0.2) is 50.1 Å². The van der Waals surface area contributed by atoms with Crippen molar-refractivity contribution in [3.05, 3.63) is 24.3 Å². The normalized spacial score (nSPS) is 14.6. The molecule has 0 aromatic heterocycles. The number of amides is 3. The third-order valence-corrected chi connectivity index (χ3v) is 3.52. The number of methoxy groups -OCH3 is 1. The summed E-state index contributed by atoms with van der Waals surface area (Å²) in [5.41, 5.74) is 0.816. The number of hydrogen-bond acceptors (Lipinski definition) is 3. The van der Waals surface area contributed by atoms with Crippen molar-refractivity contribution in [2.45, 2.75) is 13.8 Å². The van der Waals surface area contributed by atoms with E-state index in [0.29, 0.717) is 25.6 Å². The number of nitrogens with one attached hydrogen (secondary N) is 1. The molecule has 1 aliphatic heterocycles. The first-order chi connectivity index (χ1) is 10.5. The lowest BCUT2D eigenvalue weighted by Gasteiger charge is -2.19. The lowest BCUT2D eigenvalue weighted by atomic mass is 10.2. The van der Waals surface area contributed by atoms with Crippen LogP contribution in [0.2, 0.25) is 0 Å². The third-order valence-electron chi connectivity index (χ3n) is 3.52. The summed E-state index contributed by atoms with van der Waals surface area (Å²) in [4.78, 5) is 27.5. The van der Waals surface area contributed by atoms with Crippen molar-refractivity contribution in [2.75, 3.05) is 38.2 Å². The van der Waals surface area contributed by atoms with Gasteiger partial charge in [0.1, 0.15) is 12.3 Å². The fourth-order valence-corrected chi connectivity index (χ4v) is 2.28. The Morgan fingerprint density at radius 1 is 1.27 bits per heavy atom. The molecule has 6 nitrogen and oxygen atoms in total. The molecule has 0 spiro atoms. The summed E-state index contributed by atoms with van der Waals surface area (Å²) in [5.74, 6) is 1.04. The standard InChI is InChI=1S/C16H23N3O3/c1-12(2)10-17-15(20)11-18-8-9-19(16(18)21)13-4-6-14(22-3)7-5-13/h4-7,12H,8-11H2,1-3H3,(H,17,20). The molecular formula is C16H23N3O3. The Labute approximate surface area is 131 Å². The second-order valence-electron chi connectivity index (χ2n) is 5.75. The van der Waals surface area contributed by atoms with Crippen LogP contribution in [-0.2, 0) is 4.79 Å². The summed E-state index contributed by atoms with van der Waals surface area (Å²) in [6.07, 6.45) is 0. The van der Waals surface area contributed by atoms with E-state index in [1.165, 1.54) is 0 Å². The van der Waals surface area contributed by atoms with Crippen molar-refractivity contribution in [1.29, 1.82) is 0 Å². The molecule has 1 N–H and O–H groups in total. The van der Waals surface area contributed by atoms with E-state index < -0.39 is 0 Å². The second kappa shape index (κ2) is 7.15. The van der Waals surface area contributed by atoms with Crippen LogP contribution < -0.4 is 15.0 Å². The molecule has 0 atom stereocenters. The minimum absolute atomic E-state index is 0.109. The fraction of sp³-hybridized carbons (Fsp3) is 0.500. The summed E-state index contributed by atoms with van der Waals surface area (Å²) < 4.78 is 5.11. The Kier molecular flexibility index (Phi) is 5.25. The van der Waals surface area contributed by atoms with E-state index in [0.717, 1.165) is 11.4 Å². The van der Waals surface area contributed by atoms with Crippen molar-refractivity contribution in [1.82, 2.24) is 10.2 Å². The number of anilines is 1. The minimum atomic E-state index is -0.134. The molecule has 0 radical (unpaired) electrons. The van der Waals surface area contributed by atoms with Crippen LogP contribution in [0.1, 0.15) is 13.8 Å². The highest BCUT2D eigenvalue weighted by Crippen LogP contribution is 2.22. The molecule has 0 bridgehead atoms. The molecular weight excluding hydrogens is 282 g/mol. The van der Waals surface area contributed by atoms with Gasteiger partial charge in [-0.05, 0) is 30.2 Å². The average molecular weight is 305 g/mol. The van der Waals surface area contributed by atoms with Gasteiger partial charge in [0, 0.05) is 25.3 Å². The van der Waals surface area contributed by atoms with Crippen LogP contribution in [0.25, 0.3) is 0 Å². The van der Waals surface area contributed by atoms with E-state index in [2.05, 4.69) is 5.32 Å². The third kappa shape index (κ3) is 3.90. The first-order valence-corrected chi connectivity index (χ1v) is 7.48. The van der Waals surface area contributed by atoms with Crippen molar-refractivity contribution in [3.8, 4) is 5.75 Å². The summed E-state index contributed by atoms with van der Waals surface area (Å²) >= 11 is 0. The molecule has 1 saturated heterocycles. The van der Waals surface area contributed by atoms with Gasteiger partial charge in [-0.25, -0.2) is 4.79 Å². The monoisotopic (exact) mass is 305 g/mol. The van der Waals surface area contributed by atoms with E-state index in [4.69, 9.17) is 4.74 Å². The molecule has 0 saturated carbocycles. The molecule has 0 aliphatic carbocycles. The van der Waals surface area contributed by atoms with Gasteiger partial charge in [-0.15, -0.1) is 0 Å². The quantitative estimate of drug-likeness (QED) is 0.870. The zero-order valence-electron chi connectivity index (χ0n) is 13.3. The Morgan fingerprint density at radius 2 is 1.95 bits per heavy atom. The van der Waals surface area contributed by atoms with Crippen LogP contribution in [0, 0.1) is 5.92 Å². The average Bonchev–Trinajstić information content (AvgIpc) is 2.86. The van der Waals surface area contributed by atoms with Crippen molar-refractivity contribution in [3.63, 3.8) is 0 Å². The lowest BCUT2D eigenvalue weighted by Crippen LogP contribution is -2.40. The number of hydrogen-bond donors (Lipinski definition) is 1. The molecule has 1 fully saturated rings. The zero-order chi connectivity index (χ0) is 16.1. The molecule has 1 aromatic rings. The molecule has 1 aliphatic rings. The second-order valence-corrected chi connectivity index (χ2v) is 5.75. The topological polar surface area (TPSA) is 61.9 Å². The van der Waals surface area contributed by atoms with Gasteiger partial charge >= 0.3 is 6.03 Å². The summed E-state index contributed by atoms with van der Waals surface area (Å²) in [7, 11) is 1.60. The van der Waals surface area contributed by atoms with Crippen molar-refractivity contribution < 1.29 is 14.3 Å². The van der Waals surface area contributed by atoms with Crippen LogP contribution in [0.15, 0.2) is 24.3 Å². The van der Waals surface area contributed by atoms with E-state index >= 15 is 0 Å². The fourth-order valence-electron chi connectivity index (χ4n) is 2.28. The van der Waals surface area contributed by atoms with E-state index in [-0.39, 0.29) is 18.5 Å². The van der Waals surface area contributed by atoms with Gasteiger partial charge in [0.15, 0.2) is 0 Å². The summed E-state index contributed by atoms with van der Waals surface area (Å²) in [5, 5.41) is 2.83. The molecule has 1 aromatic carbocycles. The molecule has 22 heavy (non-hydrogen) atoms. The predicted octanol–water partition coefficient (Wildman–Crippen LogP) is 1.71. The number of carbonyl (C=O) groups excluding carboxylic acids is 2. The highest BCUT2D eigenvalue weighted by molar-refractivity contribution is 5.96. The van der Waals surface area contributed by atoms with E-state index in [1.54, 1.807) is 16.9 Å². The summed E-state index contributed by atoms with van der Waals surface area (Å²) in [6, 6.07) is 7.20. The van der Waals surface area contributed by atoms with Gasteiger partial charge in [-0.2, -0.15) is 0 Å². The molecule has 120 valence electrons. The van der Waals surface area contributed by atoms with Gasteiger partial charge in [-0.3, -0.25) is 9.69 Å². The lowest BCUT2D eigenvalue weighted by molar-refractivity contribution is -0.121. The number of carbonyl (C=O) groups is 2. The predicted molar refractivity (Wildman–Crippen MR) is 85.2 cm³/mol. The number of ether oxygens (including phenoxy) is 1. The molecule has 3 amide bonds. The van der Waals surface area contributed by atoms with Crippen LogP contribution in [0.5, 0.6) is 5.75 Å². The Morgan fingerprint density at radius 3 is 2.55 bits per heavy atom. The Bertz CT molecular complexity index is 528. The summed E-state index contributed by atoms with van der Waals surface area (Å²) in [6.45, 7) is 5.95. The van der Waals surface area contributed by atoms with Crippen molar-refractivity contribution >= 4 is 17.6 Å².